The van der Waals surface area contributed by atoms with Crippen LogP contribution in [0.1, 0.15) is 31.8 Å². The summed E-state index contributed by atoms with van der Waals surface area (Å²) in [6.45, 7) is 3.33. The van der Waals surface area contributed by atoms with Crippen molar-refractivity contribution in [1.29, 1.82) is 0 Å². The molecule has 0 aliphatic carbocycles. The third-order valence-electron chi connectivity index (χ3n) is 3.17. The number of carboxylic acids is 1. The van der Waals surface area contributed by atoms with Crippen molar-refractivity contribution in [3.8, 4) is 0 Å². The second-order valence-corrected chi connectivity index (χ2v) is 4.72. The first-order valence-electron chi connectivity index (χ1n) is 6.30. The average Bonchev–Trinajstić information content (AvgIpc) is 2.40. The van der Waals surface area contributed by atoms with Gasteiger partial charge in [-0.05, 0) is 49.2 Å². The zero-order chi connectivity index (χ0) is 15.6. The summed E-state index contributed by atoms with van der Waals surface area (Å²) in [5, 5.41) is 11.8. The number of carbonyl (C=O) groups excluding carboxylic acids is 1. The minimum atomic E-state index is -1.12. The van der Waals surface area contributed by atoms with Gasteiger partial charge in [-0.2, -0.15) is 0 Å². The standard InChI is InChI=1S/C16H14FNO3/c1-9-4-3-5-13(16(20)21)14(9)18-15(19)12-7-6-11(17)8-10(12)2/h3-8H,1-2H3,(H,18,19)(H,20,21). The first-order chi connectivity index (χ1) is 9.90. The summed E-state index contributed by atoms with van der Waals surface area (Å²) in [7, 11) is 0. The zero-order valence-electron chi connectivity index (χ0n) is 11.6. The lowest BCUT2D eigenvalue weighted by Crippen LogP contribution is -2.17. The topological polar surface area (TPSA) is 66.4 Å². The number of amides is 1. The van der Waals surface area contributed by atoms with Crippen molar-refractivity contribution in [2.75, 3.05) is 5.32 Å². The van der Waals surface area contributed by atoms with Crippen molar-refractivity contribution >= 4 is 17.6 Å². The van der Waals surface area contributed by atoms with E-state index in [9.17, 15) is 14.0 Å². The summed E-state index contributed by atoms with van der Waals surface area (Å²) in [4.78, 5) is 23.4. The highest BCUT2D eigenvalue weighted by Gasteiger charge is 2.16. The molecule has 21 heavy (non-hydrogen) atoms. The van der Waals surface area contributed by atoms with Gasteiger partial charge < -0.3 is 10.4 Å². The molecule has 0 aliphatic heterocycles. The highest BCUT2D eigenvalue weighted by atomic mass is 19.1. The smallest absolute Gasteiger partial charge is 0.337 e. The second kappa shape index (κ2) is 5.75. The molecule has 0 unspecified atom stereocenters. The molecule has 5 heteroatoms. The van der Waals surface area contributed by atoms with Crippen molar-refractivity contribution < 1.29 is 19.1 Å². The highest BCUT2D eigenvalue weighted by molar-refractivity contribution is 6.09. The van der Waals surface area contributed by atoms with Gasteiger partial charge in [-0.25, -0.2) is 9.18 Å². The van der Waals surface area contributed by atoms with Crippen LogP contribution in [0.3, 0.4) is 0 Å². The Morgan fingerprint density at radius 3 is 2.38 bits per heavy atom. The summed E-state index contributed by atoms with van der Waals surface area (Å²) < 4.78 is 13.1. The van der Waals surface area contributed by atoms with E-state index in [2.05, 4.69) is 5.32 Å². The molecule has 2 aromatic rings. The molecule has 4 nitrogen and oxygen atoms in total. The number of halogens is 1. The molecular formula is C16H14FNO3. The molecular weight excluding hydrogens is 273 g/mol. The lowest BCUT2D eigenvalue weighted by molar-refractivity contribution is 0.0698. The minimum absolute atomic E-state index is 0.0168. The molecule has 0 heterocycles. The summed E-state index contributed by atoms with van der Waals surface area (Å²) in [6, 6.07) is 8.56. The summed E-state index contributed by atoms with van der Waals surface area (Å²) in [6.07, 6.45) is 0. The van der Waals surface area contributed by atoms with Crippen molar-refractivity contribution in [3.05, 3.63) is 64.5 Å². The van der Waals surface area contributed by atoms with Crippen molar-refractivity contribution in [2.24, 2.45) is 0 Å². The maximum atomic E-state index is 13.1. The Kier molecular flexibility index (Phi) is 4.03. The molecule has 2 N–H and O–H groups in total. The fourth-order valence-electron chi connectivity index (χ4n) is 2.07. The van der Waals surface area contributed by atoms with Crippen LogP contribution in [0.4, 0.5) is 10.1 Å². The fourth-order valence-corrected chi connectivity index (χ4v) is 2.07. The third kappa shape index (κ3) is 3.08. The number of aromatic carboxylic acids is 1. The Morgan fingerprint density at radius 1 is 1.05 bits per heavy atom. The van der Waals surface area contributed by atoms with Gasteiger partial charge >= 0.3 is 5.97 Å². The predicted molar refractivity (Wildman–Crippen MR) is 77.2 cm³/mol. The molecule has 2 aromatic carbocycles. The Bertz CT molecular complexity index is 725. The van der Waals surface area contributed by atoms with Crippen LogP contribution in [0, 0.1) is 19.7 Å². The molecule has 2 rings (SSSR count). The lowest BCUT2D eigenvalue weighted by Gasteiger charge is -2.12. The number of benzene rings is 2. The van der Waals surface area contributed by atoms with Gasteiger partial charge in [0, 0.05) is 5.56 Å². The molecule has 0 bridgehead atoms. The molecule has 1 amide bonds. The highest BCUT2D eigenvalue weighted by Crippen LogP contribution is 2.22. The van der Waals surface area contributed by atoms with Gasteiger partial charge in [0.2, 0.25) is 0 Å². The van der Waals surface area contributed by atoms with Crippen LogP contribution < -0.4 is 5.32 Å². The van der Waals surface area contributed by atoms with Crippen LogP contribution in [-0.2, 0) is 0 Å². The van der Waals surface area contributed by atoms with E-state index in [-0.39, 0.29) is 11.3 Å². The van der Waals surface area contributed by atoms with E-state index >= 15 is 0 Å². The molecule has 0 saturated heterocycles. The first-order valence-corrected chi connectivity index (χ1v) is 6.30. The fraction of sp³-hybridized carbons (Fsp3) is 0.125. The number of carboxylic acid groups (broad SMARTS) is 1. The monoisotopic (exact) mass is 287 g/mol. The van der Waals surface area contributed by atoms with Gasteiger partial charge in [-0.1, -0.05) is 12.1 Å². The van der Waals surface area contributed by atoms with Gasteiger partial charge in [-0.3, -0.25) is 4.79 Å². The summed E-state index contributed by atoms with van der Waals surface area (Å²) in [5.41, 5.74) is 1.69. The Labute approximate surface area is 121 Å². The van der Waals surface area contributed by atoms with Crippen LogP contribution in [0.2, 0.25) is 0 Å². The Balaban J connectivity index is 2.38. The number of carbonyl (C=O) groups is 2. The van der Waals surface area contributed by atoms with Crippen LogP contribution in [0.5, 0.6) is 0 Å². The van der Waals surface area contributed by atoms with Crippen LogP contribution in [0.15, 0.2) is 36.4 Å². The number of nitrogens with one attached hydrogen (secondary N) is 1. The molecule has 0 fully saturated rings. The quantitative estimate of drug-likeness (QED) is 0.909. The van der Waals surface area contributed by atoms with E-state index < -0.39 is 17.7 Å². The molecule has 0 spiro atoms. The number of rotatable bonds is 3. The first kappa shape index (κ1) is 14.7. The van der Waals surface area contributed by atoms with Crippen molar-refractivity contribution in [1.82, 2.24) is 0 Å². The van der Waals surface area contributed by atoms with Gasteiger partial charge in [0.1, 0.15) is 5.82 Å². The maximum Gasteiger partial charge on any atom is 0.337 e. The molecule has 0 saturated carbocycles. The van der Waals surface area contributed by atoms with Crippen LogP contribution in [-0.4, -0.2) is 17.0 Å². The van der Waals surface area contributed by atoms with Crippen LogP contribution in [0.25, 0.3) is 0 Å². The zero-order valence-corrected chi connectivity index (χ0v) is 11.6. The third-order valence-corrected chi connectivity index (χ3v) is 3.17. The van der Waals surface area contributed by atoms with E-state index in [1.54, 1.807) is 26.0 Å². The number of hydrogen-bond donors (Lipinski definition) is 2. The van der Waals surface area contributed by atoms with E-state index in [4.69, 9.17) is 5.11 Å². The van der Waals surface area contributed by atoms with Crippen molar-refractivity contribution in [3.63, 3.8) is 0 Å². The van der Waals surface area contributed by atoms with E-state index in [1.807, 2.05) is 0 Å². The van der Waals surface area contributed by atoms with E-state index in [0.717, 1.165) is 0 Å². The predicted octanol–water partition coefficient (Wildman–Crippen LogP) is 3.39. The van der Waals surface area contributed by atoms with Gasteiger partial charge in [-0.15, -0.1) is 0 Å². The number of para-hydroxylation sites is 1. The molecule has 0 radical (unpaired) electrons. The number of aryl methyl sites for hydroxylation is 2. The summed E-state index contributed by atoms with van der Waals surface area (Å²) >= 11 is 0. The normalized spacial score (nSPS) is 10.2. The van der Waals surface area contributed by atoms with Gasteiger partial charge in [0.25, 0.3) is 5.91 Å². The average molecular weight is 287 g/mol. The molecule has 0 aromatic heterocycles. The SMILES string of the molecule is Cc1cc(F)ccc1C(=O)Nc1c(C)cccc1C(=O)O. The van der Waals surface area contributed by atoms with E-state index in [1.165, 1.54) is 24.3 Å². The largest absolute Gasteiger partial charge is 0.478 e. The van der Waals surface area contributed by atoms with Crippen molar-refractivity contribution in [2.45, 2.75) is 13.8 Å². The number of anilines is 1. The van der Waals surface area contributed by atoms with E-state index in [0.29, 0.717) is 16.7 Å². The Hall–Kier alpha value is -2.69. The molecule has 0 aliphatic rings. The molecule has 0 atom stereocenters. The molecule has 108 valence electrons. The second-order valence-electron chi connectivity index (χ2n) is 4.72. The summed E-state index contributed by atoms with van der Waals surface area (Å²) in [5.74, 6) is -2.01. The lowest BCUT2D eigenvalue weighted by atomic mass is 10.1. The maximum absolute atomic E-state index is 13.1. The number of hydrogen-bond acceptors (Lipinski definition) is 2. The Morgan fingerprint density at radius 2 is 1.76 bits per heavy atom. The van der Waals surface area contributed by atoms with Gasteiger partial charge in [0.15, 0.2) is 0 Å². The van der Waals surface area contributed by atoms with Crippen LogP contribution >= 0.6 is 0 Å². The minimum Gasteiger partial charge on any atom is -0.478 e. The van der Waals surface area contributed by atoms with Gasteiger partial charge in [0.05, 0.1) is 11.3 Å².